The molecule has 0 spiro atoms. The molecule has 6 nitrogen and oxygen atoms in total. The largest absolute Gasteiger partial charge is 0.458 e. The summed E-state index contributed by atoms with van der Waals surface area (Å²) in [5, 5.41) is 18.9. The van der Waals surface area contributed by atoms with Crippen LogP contribution >= 0.6 is 0 Å². The van der Waals surface area contributed by atoms with Gasteiger partial charge in [-0.15, -0.1) is 0 Å². The van der Waals surface area contributed by atoms with Crippen molar-refractivity contribution in [3.8, 4) is 0 Å². The highest BCUT2D eigenvalue weighted by Gasteiger charge is 2.50. The zero-order chi connectivity index (χ0) is 18.7. The van der Waals surface area contributed by atoms with Crippen molar-refractivity contribution in [1.29, 1.82) is 0 Å². The Kier molecular flexibility index (Phi) is 6.19. The summed E-state index contributed by atoms with van der Waals surface area (Å²) in [7, 11) is 0. The fourth-order valence-corrected chi connectivity index (χ4v) is 3.64. The molecule has 0 aromatic heterocycles. The van der Waals surface area contributed by atoms with Crippen LogP contribution in [0.1, 0.15) is 33.1 Å². The Morgan fingerprint density at radius 1 is 1.44 bits per heavy atom. The molecule has 1 fully saturated rings. The predicted octanol–water partition coefficient (Wildman–Crippen LogP) is 1.67. The van der Waals surface area contributed by atoms with E-state index in [1.54, 1.807) is 6.92 Å². The smallest absolute Gasteiger partial charge is 0.334 e. The van der Waals surface area contributed by atoms with Gasteiger partial charge < -0.3 is 19.7 Å². The van der Waals surface area contributed by atoms with Gasteiger partial charge in [-0.05, 0) is 36.8 Å². The lowest BCUT2D eigenvalue weighted by Gasteiger charge is -2.38. The highest BCUT2D eigenvalue weighted by atomic mass is 16.6. The Morgan fingerprint density at radius 3 is 2.68 bits per heavy atom. The van der Waals surface area contributed by atoms with E-state index in [9.17, 15) is 14.7 Å². The van der Waals surface area contributed by atoms with Crippen LogP contribution in [-0.4, -0.2) is 47.6 Å². The van der Waals surface area contributed by atoms with Crippen molar-refractivity contribution in [2.75, 3.05) is 13.2 Å². The molecular formula is C19H26O6. The summed E-state index contributed by atoms with van der Waals surface area (Å²) in [6.07, 6.45) is 0.451. The van der Waals surface area contributed by atoms with Gasteiger partial charge in [0.15, 0.2) is 0 Å². The van der Waals surface area contributed by atoms with Crippen molar-refractivity contribution in [3.63, 3.8) is 0 Å². The first-order valence-electron chi connectivity index (χ1n) is 8.51. The average molecular weight is 350 g/mol. The normalized spacial score (nSPS) is 27.0. The van der Waals surface area contributed by atoms with Crippen LogP contribution < -0.4 is 0 Å². The van der Waals surface area contributed by atoms with Crippen molar-refractivity contribution >= 4 is 11.9 Å². The average Bonchev–Trinajstić information content (AvgIpc) is 2.86. The SMILES string of the molecule is C=C(C)C(=O)O[C@H]1C([C@H](C)CCCO)=C(CO)C[C@@H]2OC(=O)C(=C)[C@@H]21. The number of aliphatic hydroxyl groups is 2. The Bertz CT molecular complexity index is 617. The molecule has 1 saturated heterocycles. The summed E-state index contributed by atoms with van der Waals surface area (Å²) in [6, 6.07) is 0. The third-order valence-electron chi connectivity index (χ3n) is 4.91. The van der Waals surface area contributed by atoms with E-state index in [-0.39, 0.29) is 30.3 Å². The lowest BCUT2D eigenvalue weighted by Crippen LogP contribution is -2.41. The molecule has 0 radical (unpaired) electrons. The zero-order valence-corrected chi connectivity index (χ0v) is 14.8. The minimum atomic E-state index is -0.724. The number of fused-ring (bicyclic) bond motifs is 1. The second-order valence-electron chi connectivity index (χ2n) is 6.79. The Morgan fingerprint density at radius 2 is 2.12 bits per heavy atom. The number of aliphatic hydroxyl groups excluding tert-OH is 2. The van der Waals surface area contributed by atoms with Crippen molar-refractivity contribution in [1.82, 2.24) is 0 Å². The monoisotopic (exact) mass is 350 g/mol. The van der Waals surface area contributed by atoms with Crippen LogP contribution in [0.4, 0.5) is 0 Å². The molecule has 0 aromatic carbocycles. The third kappa shape index (κ3) is 3.85. The van der Waals surface area contributed by atoms with Gasteiger partial charge in [-0.25, -0.2) is 9.59 Å². The molecule has 1 heterocycles. The van der Waals surface area contributed by atoms with Gasteiger partial charge >= 0.3 is 11.9 Å². The molecule has 138 valence electrons. The van der Waals surface area contributed by atoms with Gasteiger partial charge in [0.2, 0.25) is 0 Å². The van der Waals surface area contributed by atoms with Crippen LogP contribution in [-0.2, 0) is 19.1 Å². The molecule has 4 atom stereocenters. The lowest BCUT2D eigenvalue weighted by atomic mass is 9.73. The second kappa shape index (κ2) is 7.97. The Hall–Kier alpha value is -1.92. The number of ether oxygens (including phenoxy) is 2. The van der Waals surface area contributed by atoms with E-state index in [0.717, 1.165) is 5.57 Å². The highest BCUT2D eigenvalue weighted by Crippen LogP contribution is 2.45. The van der Waals surface area contributed by atoms with Gasteiger partial charge in [0, 0.05) is 24.2 Å². The maximum absolute atomic E-state index is 12.2. The molecule has 0 unspecified atom stereocenters. The molecule has 25 heavy (non-hydrogen) atoms. The molecule has 2 rings (SSSR count). The number of rotatable bonds is 7. The number of hydrogen-bond acceptors (Lipinski definition) is 6. The number of esters is 2. The zero-order valence-electron chi connectivity index (χ0n) is 14.8. The highest BCUT2D eigenvalue weighted by molar-refractivity contribution is 5.92. The Labute approximate surface area is 147 Å². The Balaban J connectivity index is 2.44. The number of carbonyl (C=O) groups excluding carboxylic acids is 2. The topological polar surface area (TPSA) is 93.1 Å². The lowest BCUT2D eigenvalue weighted by molar-refractivity contribution is -0.147. The van der Waals surface area contributed by atoms with Crippen molar-refractivity contribution < 1.29 is 29.3 Å². The van der Waals surface area contributed by atoms with Crippen LogP contribution in [0.5, 0.6) is 0 Å². The fourth-order valence-electron chi connectivity index (χ4n) is 3.64. The molecule has 1 aliphatic carbocycles. The van der Waals surface area contributed by atoms with Gasteiger partial charge in [0.25, 0.3) is 0 Å². The van der Waals surface area contributed by atoms with Gasteiger partial charge in [-0.3, -0.25) is 0 Å². The predicted molar refractivity (Wildman–Crippen MR) is 91.4 cm³/mol. The van der Waals surface area contributed by atoms with Crippen LogP contribution in [0.15, 0.2) is 35.5 Å². The standard InChI is InChI=1S/C19H26O6/c1-10(2)18(22)25-17-15(11(3)6-5-7-20)13(9-21)8-14-16(17)12(4)19(23)24-14/h11,14,16-17,20-21H,1,4-9H2,2-3H3/t11-,14+,16+,17+/m1/s1. The van der Waals surface area contributed by atoms with E-state index in [0.29, 0.717) is 24.8 Å². The number of carbonyl (C=O) groups is 2. The summed E-state index contributed by atoms with van der Waals surface area (Å²) in [4.78, 5) is 24.1. The van der Waals surface area contributed by atoms with Crippen LogP contribution in [0, 0.1) is 11.8 Å². The van der Waals surface area contributed by atoms with Crippen molar-refractivity contribution in [2.24, 2.45) is 11.8 Å². The molecule has 6 heteroatoms. The molecule has 0 amide bonds. The van der Waals surface area contributed by atoms with E-state index < -0.39 is 30.1 Å². The molecule has 1 aliphatic heterocycles. The van der Waals surface area contributed by atoms with Crippen LogP contribution in [0.3, 0.4) is 0 Å². The van der Waals surface area contributed by atoms with Crippen molar-refractivity contribution in [3.05, 3.63) is 35.5 Å². The first-order valence-corrected chi connectivity index (χ1v) is 8.51. The summed E-state index contributed by atoms with van der Waals surface area (Å²) in [5.74, 6) is -1.53. The van der Waals surface area contributed by atoms with E-state index in [2.05, 4.69) is 13.2 Å². The van der Waals surface area contributed by atoms with Crippen LogP contribution in [0.25, 0.3) is 0 Å². The van der Waals surface area contributed by atoms with Gasteiger partial charge in [-0.2, -0.15) is 0 Å². The quantitative estimate of drug-likeness (QED) is 0.412. The molecule has 0 bridgehead atoms. The van der Waals surface area contributed by atoms with E-state index >= 15 is 0 Å². The summed E-state index contributed by atoms with van der Waals surface area (Å²) in [6.45, 7) is 10.8. The van der Waals surface area contributed by atoms with E-state index in [1.807, 2.05) is 6.92 Å². The first-order chi connectivity index (χ1) is 11.8. The maximum atomic E-state index is 12.2. The second-order valence-corrected chi connectivity index (χ2v) is 6.79. The van der Waals surface area contributed by atoms with E-state index in [4.69, 9.17) is 14.6 Å². The summed E-state index contributed by atoms with van der Waals surface area (Å²) in [5.41, 5.74) is 2.05. The fraction of sp³-hybridized carbons (Fsp3) is 0.579. The van der Waals surface area contributed by atoms with Crippen LogP contribution in [0.2, 0.25) is 0 Å². The summed E-state index contributed by atoms with van der Waals surface area (Å²) < 4.78 is 11.0. The van der Waals surface area contributed by atoms with Gasteiger partial charge in [0.05, 0.1) is 12.5 Å². The van der Waals surface area contributed by atoms with Gasteiger partial charge in [-0.1, -0.05) is 20.1 Å². The first kappa shape index (κ1) is 19.4. The number of hydrogen-bond donors (Lipinski definition) is 2. The minimum absolute atomic E-state index is 0.0262. The summed E-state index contributed by atoms with van der Waals surface area (Å²) >= 11 is 0. The maximum Gasteiger partial charge on any atom is 0.334 e. The van der Waals surface area contributed by atoms with Gasteiger partial charge in [0.1, 0.15) is 12.2 Å². The molecular weight excluding hydrogens is 324 g/mol. The molecule has 0 aromatic rings. The minimum Gasteiger partial charge on any atom is -0.458 e. The van der Waals surface area contributed by atoms with E-state index in [1.165, 1.54) is 0 Å². The third-order valence-corrected chi connectivity index (χ3v) is 4.91. The molecule has 2 aliphatic rings. The van der Waals surface area contributed by atoms with Crippen molar-refractivity contribution in [2.45, 2.75) is 45.3 Å². The molecule has 2 N–H and O–H groups in total. The molecule has 0 saturated carbocycles.